The van der Waals surface area contributed by atoms with Crippen LogP contribution < -0.4 is 14.8 Å². The third-order valence-electron chi connectivity index (χ3n) is 2.63. The molecule has 0 spiro atoms. The molecule has 0 bridgehead atoms. The van der Waals surface area contributed by atoms with Crippen molar-refractivity contribution in [1.82, 2.24) is 9.97 Å². The molecule has 1 amide bonds. The molecule has 0 aliphatic rings. The molecule has 0 atom stereocenters. The minimum absolute atomic E-state index is 0.191. The van der Waals surface area contributed by atoms with Crippen molar-refractivity contribution in [3.05, 3.63) is 42.2 Å². The molecule has 0 saturated heterocycles. The molecular weight excluding hydrogens is 258 g/mol. The maximum Gasteiger partial charge on any atom is 0.231 e. The molecule has 1 aromatic carbocycles. The molecule has 20 heavy (non-hydrogen) atoms. The number of anilines is 1. The Morgan fingerprint density at radius 2 is 1.85 bits per heavy atom. The molecule has 0 fully saturated rings. The molecule has 1 N–H and O–H groups in total. The van der Waals surface area contributed by atoms with Crippen LogP contribution in [0.4, 0.5) is 5.95 Å². The molecular formula is C14H15N3O3. The van der Waals surface area contributed by atoms with E-state index in [-0.39, 0.29) is 18.3 Å². The van der Waals surface area contributed by atoms with Crippen molar-refractivity contribution in [2.45, 2.75) is 6.42 Å². The van der Waals surface area contributed by atoms with E-state index in [2.05, 4.69) is 15.3 Å². The lowest BCUT2D eigenvalue weighted by Crippen LogP contribution is -2.16. The first-order valence-corrected chi connectivity index (χ1v) is 6.00. The second-order valence-corrected chi connectivity index (χ2v) is 3.99. The van der Waals surface area contributed by atoms with Crippen LogP contribution in [0.15, 0.2) is 36.7 Å². The zero-order valence-electron chi connectivity index (χ0n) is 11.3. The lowest BCUT2D eigenvalue weighted by atomic mass is 10.1. The quantitative estimate of drug-likeness (QED) is 0.897. The number of carbonyl (C=O) groups is 1. The second kappa shape index (κ2) is 6.51. The van der Waals surface area contributed by atoms with Crippen LogP contribution in [0, 0.1) is 0 Å². The van der Waals surface area contributed by atoms with Crippen molar-refractivity contribution in [2.75, 3.05) is 19.5 Å². The number of amides is 1. The van der Waals surface area contributed by atoms with Crippen molar-refractivity contribution in [1.29, 1.82) is 0 Å². The van der Waals surface area contributed by atoms with Gasteiger partial charge in [0.1, 0.15) is 0 Å². The van der Waals surface area contributed by atoms with Gasteiger partial charge in [0.15, 0.2) is 11.5 Å². The van der Waals surface area contributed by atoms with Crippen molar-refractivity contribution in [2.24, 2.45) is 0 Å². The Hall–Kier alpha value is -2.63. The van der Waals surface area contributed by atoms with E-state index in [1.54, 1.807) is 44.8 Å². The number of methoxy groups -OCH3 is 2. The Kier molecular flexibility index (Phi) is 4.49. The molecule has 0 radical (unpaired) electrons. The number of nitrogens with one attached hydrogen (secondary N) is 1. The van der Waals surface area contributed by atoms with Gasteiger partial charge >= 0.3 is 0 Å². The van der Waals surface area contributed by atoms with E-state index in [9.17, 15) is 4.79 Å². The molecule has 6 heteroatoms. The Labute approximate surface area is 116 Å². The van der Waals surface area contributed by atoms with E-state index >= 15 is 0 Å². The Balaban J connectivity index is 2.04. The highest BCUT2D eigenvalue weighted by molar-refractivity contribution is 5.90. The predicted molar refractivity (Wildman–Crippen MR) is 73.9 cm³/mol. The molecule has 0 saturated carbocycles. The lowest BCUT2D eigenvalue weighted by molar-refractivity contribution is -0.115. The number of benzene rings is 1. The molecule has 0 aliphatic heterocycles. The molecule has 2 aromatic rings. The average Bonchev–Trinajstić information content (AvgIpc) is 2.48. The van der Waals surface area contributed by atoms with Crippen molar-refractivity contribution >= 4 is 11.9 Å². The first-order valence-electron chi connectivity index (χ1n) is 6.00. The first-order chi connectivity index (χ1) is 9.72. The summed E-state index contributed by atoms with van der Waals surface area (Å²) < 4.78 is 10.3. The van der Waals surface area contributed by atoms with Crippen molar-refractivity contribution < 1.29 is 14.3 Å². The van der Waals surface area contributed by atoms with Gasteiger partial charge in [-0.2, -0.15) is 0 Å². The average molecular weight is 273 g/mol. The van der Waals surface area contributed by atoms with Gasteiger partial charge in [-0.05, 0) is 23.8 Å². The summed E-state index contributed by atoms with van der Waals surface area (Å²) in [5, 5.41) is 2.62. The number of hydrogen-bond acceptors (Lipinski definition) is 5. The summed E-state index contributed by atoms with van der Waals surface area (Å²) >= 11 is 0. The van der Waals surface area contributed by atoms with Gasteiger partial charge in [-0.15, -0.1) is 0 Å². The van der Waals surface area contributed by atoms with E-state index in [1.165, 1.54) is 0 Å². The van der Waals surface area contributed by atoms with Gasteiger partial charge in [0.2, 0.25) is 11.9 Å². The highest BCUT2D eigenvalue weighted by atomic mass is 16.5. The topological polar surface area (TPSA) is 73.3 Å². The third-order valence-corrected chi connectivity index (χ3v) is 2.63. The van der Waals surface area contributed by atoms with E-state index in [4.69, 9.17) is 9.47 Å². The fraction of sp³-hybridized carbons (Fsp3) is 0.214. The van der Waals surface area contributed by atoms with Crippen LogP contribution in [-0.2, 0) is 11.2 Å². The van der Waals surface area contributed by atoms with Crippen LogP contribution in [0.1, 0.15) is 5.56 Å². The maximum absolute atomic E-state index is 11.9. The summed E-state index contributed by atoms with van der Waals surface area (Å²) in [5.74, 6) is 1.32. The Bertz CT molecular complexity index is 587. The highest BCUT2D eigenvalue weighted by Gasteiger charge is 2.09. The number of rotatable bonds is 5. The van der Waals surface area contributed by atoms with E-state index in [1.807, 2.05) is 6.07 Å². The predicted octanol–water partition coefficient (Wildman–Crippen LogP) is 1.67. The van der Waals surface area contributed by atoms with Crippen LogP contribution in [0.25, 0.3) is 0 Å². The maximum atomic E-state index is 11.9. The fourth-order valence-corrected chi connectivity index (χ4v) is 1.71. The van der Waals surface area contributed by atoms with Crippen LogP contribution in [0.5, 0.6) is 11.5 Å². The third kappa shape index (κ3) is 3.44. The summed E-state index contributed by atoms with van der Waals surface area (Å²) in [6.07, 6.45) is 3.34. The molecule has 104 valence electrons. The van der Waals surface area contributed by atoms with Gasteiger partial charge in [0, 0.05) is 12.4 Å². The van der Waals surface area contributed by atoms with Gasteiger partial charge < -0.3 is 9.47 Å². The molecule has 0 aliphatic carbocycles. The van der Waals surface area contributed by atoms with Gasteiger partial charge in [-0.1, -0.05) is 6.07 Å². The summed E-state index contributed by atoms with van der Waals surface area (Å²) in [7, 11) is 3.12. The Morgan fingerprint density at radius 1 is 1.15 bits per heavy atom. The zero-order valence-corrected chi connectivity index (χ0v) is 11.3. The molecule has 2 rings (SSSR count). The zero-order chi connectivity index (χ0) is 14.4. The van der Waals surface area contributed by atoms with E-state index in [0.29, 0.717) is 11.5 Å². The van der Waals surface area contributed by atoms with Crippen LogP contribution in [0.2, 0.25) is 0 Å². The SMILES string of the molecule is COc1ccc(CC(=O)Nc2ncccn2)cc1OC. The summed E-state index contributed by atoms with van der Waals surface area (Å²) in [4.78, 5) is 19.7. The number of hydrogen-bond donors (Lipinski definition) is 1. The van der Waals surface area contributed by atoms with Gasteiger partial charge in [-0.25, -0.2) is 9.97 Å². The molecule has 1 heterocycles. The second-order valence-electron chi connectivity index (χ2n) is 3.99. The molecule has 1 aromatic heterocycles. The van der Waals surface area contributed by atoms with Gasteiger partial charge in [0.05, 0.1) is 20.6 Å². The largest absolute Gasteiger partial charge is 0.493 e. The Morgan fingerprint density at radius 3 is 2.50 bits per heavy atom. The number of carbonyl (C=O) groups excluding carboxylic acids is 1. The minimum atomic E-state index is -0.191. The summed E-state index contributed by atoms with van der Waals surface area (Å²) in [6, 6.07) is 7.03. The van der Waals surface area contributed by atoms with Crippen molar-refractivity contribution in [3.8, 4) is 11.5 Å². The highest BCUT2D eigenvalue weighted by Crippen LogP contribution is 2.27. The van der Waals surface area contributed by atoms with Gasteiger partial charge in [0.25, 0.3) is 0 Å². The van der Waals surface area contributed by atoms with E-state index in [0.717, 1.165) is 5.56 Å². The number of ether oxygens (including phenoxy) is 2. The fourth-order valence-electron chi connectivity index (χ4n) is 1.71. The standard InChI is InChI=1S/C14H15N3O3/c1-19-11-5-4-10(8-12(11)20-2)9-13(18)17-14-15-6-3-7-16-14/h3-8H,9H2,1-2H3,(H,15,16,17,18). The van der Waals surface area contributed by atoms with E-state index < -0.39 is 0 Å². The lowest BCUT2D eigenvalue weighted by Gasteiger charge is -2.09. The smallest absolute Gasteiger partial charge is 0.231 e. The number of nitrogens with zero attached hydrogens (tertiary/aromatic N) is 2. The van der Waals surface area contributed by atoms with Crippen LogP contribution in [-0.4, -0.2) is 30.1 Å². The number of aromatic nitrogens is 2. The molecule has 6 nitrogen and oxygen atoms in total. The first kappa shape index (κ1) is 13.8. The monoisotopic (exact) mass is 273 g/mol. The van der Waals surface area contributed by atoms with Crippen molar-refractivity contribution in [3.63, 3.8) is 0 Å². The van der Waals surface area contributed by atoms with Crippen LogP contribution in [0.3, 0.4) is 0 Å². The van der Waals surface area contributed by atoms with Crippen LogP contribution >= 0.6 is 0 Å². The summed E-state index contributed by atoms with van der Waals surface area (Å²) in [5.41, 5.74) is 0.816. The normalized spacial score (nSPS) is 9.90. The molecule has 0 unspecified atom stereocenters. The minimum Gasteiger partial charge on any atom is -0.493 e. The van der Waals surface area contributed by atoms with Gasteiger partial charge in [-0.3, -0.25) is 10.1 Å². The summed E-state index contributed by atoms with van der Waals surface area (Å²) in [6.45, 7) is 0.